The van der Waals surface area contributed by atoms with Gasteiger partial charge in [-0.3, -0.25) is 0 Å². The maximum Gasteiger partial charge on any atom is 0.330 e. The van der Waals surface area contributed by atoms with Crippen molar-refractivity contribution >= 4 is 23.6 Å². The number of aromatic nitrogens is 3. The number of carbonyl (C=O) groups excluding carboxylic acids is 1. The summed E-state index contributed by atoms with van der Waals surface area (Å²) in [6.07, 6.45) is 4.65. The molecule has 0 fully saturated rings. The van der Waals surface area contributed by atoms with E-state index in [1.807, 2.05) is 30.3 Å². The minimum atomic E-state index is -0.465. The van der Waals surface area contributed by atoms with Gasteiger partial charge in [-0.25, -0.2) is 9.48 Å². The molecule has 0 N–H and O–H groups in total. The van der Waals surface area contributed by atoms with Crippen LogP contribution in [-0.2, 0) is 16.1 Å². The predicted octanol–water partition coefficient (Wildman–Crippen LogP) is 3.62. The Morgan fingerprint density at radius 2 is 1.85 bits per heavy atom. The Hall–Kier alpha value is -3.12. The first-order chi connectivity index (χ1) is 13.2. The molecule has 138 valence electrons. The summed E-state index contributed by atoms with van der Waals surface area (Å²) >= 11 is 5.80. The molecular weight excluding hydrogens is 366 g/mol. The van der Waals surface area contributed by atoms with Crippen LogP contribution < -0.4 is 4.74 Å². The van der Waals surface area contributed by atoms with Crippen molar-refractivity contribution in [2.24, 2.45) is 0 Å². The highest BCUT2D eigenvalue weighted by Crippen LogP contribution is 2.15. The second kappa shape index (κ2) is 9.54. The van der Waals surface area contributed by atoms with Gasteiger partial charge in [0, 0.05) is 11.1 Å². The second-order valence-corrected chi connectivity index (χ2v) is 6.07. The van der Waals surface area contributed by atoms with Crippen molar-refractivity contribution in [2.45, 2.75) is 6.54 Å². The molecule has 0 radical (unpaired) electrons. The van der Waals surface area contributed by atoms with Crippen LogP contribution in [0.3, 0.4) is 0 Å². The van der Waals surface area contributed by atoms with Gasteiger partial charge < -0.3 is 9.47 Å². The number of ether oxygens (including phenoxy) is 2. The number of carbonyl (C=O) groups is 1. The molecule has 1 aromatic heterocycles. The molecule has 0 saturated carbocycles. The molecular formula is C20H18ClN3O3. The van der Waals surface area contributed by atoms with E-state index in [1.54, 1.807) is 41.2 Å². The molecule has 0 amide bonds. The number of nitrogens with zero attached hydrogens (tertiary/aromatic N) is 3. The summed E-state index contributed by atoms with van der Waals surface area (Å²) in [5.74, 6) is 0.202. The summed E-state index contributed by atoms with van der Waals surface area (Å²) in [6.45, 7) is 1.02. The Morgan fingerprint density at radius 3 is 2.63 bits per heavy atom. The van der Waals surface area contributed by atoms with Gasteiger partial charge in [-0.05, 0) is 35.9 Å². The average Bonchev–Trinajstić information content (AvgIpc) is 3.13. The van der Waals surface area contributed by atoms with Gasteiger partial charge in [-0.1, -0.05) is 47.1 Å². The lowest BCUT2D eigenvalue weighted by atomic mass is 10.2. The average molecular weight is 384 g/mol. The molecule has 2 aromatic carbocycles. The molecule has 0 aliphatic heterocycles. The molecule has 0 bridgehead atoms. The van der Waals surface area contributed by atoms with E-state index in [0.29, 0.717) is 23.0 Å². The maximum absolute atomic E-state index is 11.7. The zero-order valence-electron chi connectivity index (χ0n) is 14.5. The minimum absolute atomic E-state index is 0.145. The van der Waals surface area contributed by atoms with Crippen molar-refractivity contribution in [3.8, 4) is 5.75 Å². The molecule has 1 heterocycles. The van der Waals surface area contributed by atoms with Crippen LogP contribution in [0.1, 0.15) is 11.3 Å². The van der Waals surface area contributed by atoms with Crippen LogP contribution in [0.2, 0.25) is 5.02 Å². The number of benzene rings is 2. The van der Waals surface area contributed by atoms with Crippen LogP contribution in [0.5, 0.6) is 5.75 Å². The fraction of sp³-hybridized carbons (Fsp3) is 0.150. The lowest BCUT2D eigenvalue weighted by Gasteiger charge is -2.06. The Morgan fingerprint density at radius 1 is 1.07 bits per heavy atom. The molecule has 0 atom stereocenters. The molecule has 7 heteroatoms. The van der Waals surface area contributed by atoms with Crippen molar-refractivity contribution in [2.75, 3.05) is 13.2 Å². The maximum atomic E-state index is 11.7. The lowest BCUT2D eigenvalue weighted by Crippen LogP contribution is -2.10. The van der Waals surface area contributed by atoms with Crippen molar-refractivity contribution in [1.29, 1.82) is 0 Å². The summed E-state index contributed by atoms with van der Waals surface area (Å²) in [7, 11) is 0. The minimum Gasteiger partial charge on any atom is -0.490 e. The highest BCUT2D eigenvalue weighted by Gasteiger charge is 2.02. The zero-order valence-corrected chi connectivity index (χ0v) is 15.2. The first-order valence-electron chi connectivity index (χ1n) is 8.36. The molecule has 0 aliphatic carbocycles. The van der Waals surface area contributed by atoms with E-state index in [9.17, 15) is 4.79 Å². The van der Waals surface area contributed by atoms with Crippen LogP contribution in [-0.4, -0.2) is 34.2 Å². The first kappa shape index (κ1) is 18.7. The molecule has 0 unspecified atom stereocenters. The first-order valence-corrected chi connectivity index (χ1v) is 8.74. The van der Waals surface area contributed by atoms with E-state index < -0.39 is 5.97 Å². The molecule has 3 aromatic rings. The fourth-order valence-corrected chi connectivity index (χ4v) is 2.40. The summed E-state index contributed by atoms with van der Waals surface area (Å²) < 4.78 is 12.2. The highest BCUT2D eigenvalue weighted by atomic mass is 35.5. The fourth-order valence-electron chi connectivity index (χ4n) is 2.27. The van der Waals surface area contributed by atoms with E-state index in [2.05, 4.69) is 10.3 Å². The Labute approximate surface area is 162 Å². The SMILES string of the molecule is O=C(/C=C/c1cn(Cc2ccccc2)nn1)OCCOc1ccc(Cl)cc1. The molecule has 0 aliphatic rings. The van der Waals surface area contributed by atoms with Crippen molar-refractivity contribution in [1.82, 2.24) is 15.0 Å². The topological polar surface area (TPSA) is 66.2 Å². The quantitative estimate of drug-likeness (QED) is 0.337. The van der Waals surface area contributed by atoms with E-state index >= 15 is 0 Å². The van der Waals surface area contributed by atoms with Gasteiger partial charge in [-0.2, -0.15) is 0 Å². The van der Waals surface area contributed by atoms with Crippen LogP contribution in [0.25, 0.3) is 6.08 Å². The third-order valence-electron chi connectivity index (χ3n) is 3.54. The van der Waals surface area contributed by atoms with Crippen LogP contribution in [0.4, 0.5) is 0 Å². The smallest absolute Gasteiger partial charge is 0.330 e. The van der Waals surface area contributed by atoms with E-state index in [0.717, 1.165) is 5.56 Å². The van der Waals surface area contributed by atoms with Gasteiger partial charge in [-0.15, -0.1) is 5.10 Å². The van der Waals surface area contributed by atoms with Crippen molar-refractivity contribution in [3.63, 3.8) is 0 Å². The van der Waals surface area contributed by atoms with Gasteiger partial charge in [0.2, 0.25) is 0 Å². The number of esters is 1. The standard InChI is InChI=1S/C20H18ClN3O3/c21-17-6-9-19(10-7-17)26-12-13-27-20(25)11-8-18-15-24(23-22-18)14-16-4-2-1-3-5-16/h1-11,15H,12-14H2/b11-8+. The van der Waals surface area contributed by atoms with Crippen LogP contribution in [0.15, 0.2) is 66.9 Å². The largest absolute Gasteiger partial charge is 0.490 e. The molecule has 0 saturated heterocycles. The zero-order chi connectivity index (χ0) is 18.9. The van der Waals surface area contributed by atoms with E-state index in [4.69, 9.17) is 21.1 Å². The molecule has 27 heavy (non-hydrogen) atoms. The van der Waals surface area contributed by atoms with Gasteiger partial charge in [0.25, 0.3) is 0 Å². The van der Waals surface area contributed by atoms with Crippen molar-refractivity contribution < 1.29 is 14.3 Å². The molecule has 0 spiro atoms. The Balaban J connectivity index is 1.40. The Kier molecular flexibility index (Phi) is 6.60. The summed E-state index contributed by atoms with van der Waals surface area (Å²) in [4.78, 5) is 11.7. The number of hydrogen-bond donors (Lipinski definition) is 0. The summed E-state index contributed by atoms with van der Waals surface area (Å²) in [5.41, 5.74) is 1.71. The van der Waals surface area contributed by atoms with E-state index in [-0.39, 0.29) is 13.2 Å². The molecule has 3 rings (SSSR count). The number of halogens is 1. The van der Waals surface area contributed by atoms with Crippen LogP contribution >= 0.6 is 11.6 Å². The normalized spacial score (nSPS) is 10.9. The highest BCUT2D eigenvalue weighted by molar-refractivity contribution is 6.30. The summed E-state index contributed by atoms with van der Waals surface area (Å²) in [5, 5.41) is 8.69. The number of rotatable bonds is 8. The van der Waals surface area contributed by atoms with Crippen LogP contribution in [0, 0.1) is 0 Å². The number of hydrogen-bond acceptors (Lipinski definition) is 5. The third-order valence-corrected chi connectivity index (χ3v) is 3.80. The lowest BCUT2D eigenvalue weighted by molar-refractivity contribution is -0.138. The third kappa shape index (κ3) is 6.27. The summed E-state index contributed by atoms with van der Waals surface area (Å²) in [6, 6.07) is 16.9. The van der Waals surface area contributed by atoms with Crippen molar-refractivity contribution in [3.05, 3.63) is 83.2 Å². The van der Waals surface area contributed by atoms with Gasteiger partial charge in [0.05, 0.1) is 12.7 Å². The monoisotopic (exact) mass is 383 g/mol. The second-order valence-electron chi connectivity index (χ2n) is 5.63. The van der Waals surface area contributed by atoms with Gasteiger partial charge in [0.1, 0.15) is 24.7 Å². The van der Waals surface area contributed by atoms with Gasteiger partial charge >= 0.3 is 5.97 Å². The predicted molar refractivity (Wildman–Crippen MR) is 103 cm³/mol. The Bertz CT molecular complexity index is 892. The molecule has 6 nitrogen and oxygen atoms in total. The van der Waals surface area contributed by atoms with Gasteiger partial charge in [0.15, 0.2) is 0 Å². The van der Waals surface area contributed by atoms with E-state index in [1.165, 1.54) is 6.08 Å².